The third-order valence-corrected chi connectivity index (χ3v) is 2.77. The number of hydrogen-bond donors (Lipinski definition) is 0. The Morgan fingerprint density at radius 1 is 1.47 bits per heavy atom. The Kier molecular flexibility index (Phi) is 2.84. The van der Waals surface area contributed by atoms with Gasteiger partial charge in [-0.25, -0.2) is 4.98 Å². The molecule has 1 aromatic heterocycles. The molecule has 0 aliphatic rings. The van der Waals surface area contributed by atoms with Crippen molar-refractivity contribution in [2.45, 2.75) is 6.42 Å². The van der Waals surface area contributed by atoms with E-state index in [-0.39, 0.29) is 0 Å². The first-order valence-corrected chi connectivity index (χ1v) is 5.16. The summed E-state index contributed by atoms with van der Waals surface area (Å²) >= 11 is 3.39. The summed E-state index contributed by atoms with van der Waals surface area (Å²) in [6.07, 6.45) is 3.50. The van der Waals surface area contributed by atoms with Crippen LogP contribution in [0, 0.1) is 11.3 Å². The normalized spacial score (nSPS) is 9.87. The molecule has 3 nitrogen and oxygen atoms in total. The van der Waals surface area contributed by atoms with Crippen molar-refractivity contribution >= 4 is 15.9 Å². The van der Waals surface area contributed by atoms with E-state index < -0.39 is 0 Å². The predicted molar refractivity (Wildman–Crippen MR) is 59.0 cm³/mol. The Balaban J connectivity index is 2.44. The second kappa shape index (κ2) is 4.28. The highest BCUT2D eigenvalue weighted by Gasteiger charge is 2.06. The van der Waals surface area contributed by atoms with E-state index in [1.54, 1.807) is 6.20 Å². The van der Waals surface area contributed by atoms with Crippen LogP contribution in [0.25, 0.3) is 11.5 Å². The van der Waals surface area contributed by atoms with Crippen LogP contribution in [0.4, 0.5) is 0 Å². The fourth-order valence-electron chi connectivity index (χ4n) is 1.29. The largest absolute Gasteiger partial charge is 0.445 e. The lowest BCUT2D eigenvalue weighted by atomic mass is 10.1. The molecule has 74 valence electrons. The summed E-state index contributed by atoms with van der Waals surface area (Å²) in [7, 11) is 0. The van der Waals surface area contributed by atoms with Gasteiger partial charge >= 0.3 is 0 Å². The van der Waals surface area contributed by atoms with Crippen molar-refractivity contribution in [1.29, 1.82) is 5.26 Å². The minimum absolute atomic E-state index is 0.370. The molecule has 0 bridgehead atoms. The van der Waals surface area contributed by atoms with Crippen LogP contribution in [0.1, 0.15) is 5.56 Å². The molecule has 0 fully saturated rings. The summed E-state index contributed by atoms with van der Waals surface area (Å²) in [5, 5.41) is 8.66. The van der Waals surface area contributed by atoms with Crippen molar-refractivity contribution in [3.8, 4) is 17.5 Å². The molecule has 0 amide bonds. The predicted octanol–water partition coefficient (Wildman–Crippen LogP) is 3.17. The van der Waals surface area contributed by atoms with Crippen LogP contribution in [0.5, 0.6) is 0 Å². The lowest BCUT2D eigenvalue weighted by molar-refractivity contribution is 0.574. The third kappa shape index (κ3) is 2.08. The average molecular weight is 263 g/mol. The molecule has 0 aliphatic heterocycles. The Labute approximate surface area is 95.5 Å². The third-order valence-electron chi connectivity index (χ3n) is 1.99. The van der Waals surface area contributed by atoms with Gasteiger partial charge in [-0.05, 0) is 23.8 Å². The Morgan fingerprint density at radius 2 is 2.33 bits per heavy atom. The number of rotatable bonds is 2. The molecule has 1 aromatic carbocycles. The molecule has 0 saturated heterocycles. The monoisotopic (exact) mass is 262 g/mol. The highest BCUT2D eigenvalue weighted by Crippen LogP contribution is 2.24. The zero-order valence-electron chi connectivity index (χ0n) is 7.77. The van der Waals surface area contributed by atoms with Gasteiger partial charge in [0, 0.05) is 10.0 Å². The number of aromatic nitrogens is 1. The van der Waals surface area contributed by atoms with E-state index in [2.05, 4.69) is 27.0 Å². The Hall–Kier alpha value is -1.60. The van der Waals surface area contributed by atoms with E-state index in [0.29, 0.717) is 12.3 Å². The summed E-state index contributed by atoms with van der Waals surface area (Å²) in [6.45, 7) is 0. The van der Waals surface area contributed by atoms with Crippen molar-refractivity contribution < 1.29 is 4.42 Å². The van der Waals surface area contributed by atoms with Gasteiger partial charge in [0.05, 0.1) is 18.7 Å². The minimum atomic E-state index is 0.370. The van der Waals surface area contributed by atoms with Crippen molar-refractivity contribution in [3.05, 3.63) is 40.7 Å². The van der Waals surface area contributed by atoms with Crippen LogP contribution >= 0.6 is 15.9 Å². The van der Waals surface area contributed by atoms with E-state index in [4.69, 9.17) is 9.68 Å². The molecule has 0 aliphatic carbocycles. The highest BCUT2D eigenvalue weighted by molar-refractivity contribution is 9.10. The summed E-state index contributed by atoms with van der Waals surface area (Å²) in [5.74, 6) is 0.571. The smallest absolute Gasteiger partial charge is 0.225 e. The van der Waals surface area contributed by atoms with Gasteiger partial charge in [0.15, 0.2) is 0 Å². The molecule has 0 atom stereocenters. The molecule has 0 N–H and O–H groups in total. The molecule has 0 saturated carbocycles. The number of halogens is 1. The molecule has 15 heavy (non-hydrogen) atoms. The first kappa shape index (κ1) is 9.94. The number of nitrogens with zero attached hydrogens (tertiary/aromatic N) is 2. The van der Waals surface area contributed by atoms with Crippen molar-refractivity contribution in [2.75, 3.05) is 0 Å². The molecule has 1 heterocycles. The molecule has 0 spiro atoms. The Morgan fingerprint density at radius 3 is 3.00 bits per heavy atom. The maximum atomic E-state index is 8.66. The van der Waals surface area contributed by atoms with Crippen LogP contribution in [0.15, 0.2) is 39.5 Å². The van der Waals surface area contributed by atoms with E-state index in [0.717, 1.165) is 15.6 Å². The summed E-state index contributed by atoms with van der Waals surface area (Å²) in [6, 6.07) is 7.81. The zero-order valence-corrected chi connectivity index (χ0v) is 9.36. The van der Waals surface area contributed by atoms with Crippen LogP contribution in [-0.4, -0.2) is 4.98 Å². The molecule has 2 rings (SSSR count). The van der Waals surface area contributed by atoms with Crippen molar-refractivity contribution in [2.24, 2.45) is 0 Å². The second-order valence-corrected chi connectivity index (χ2v) is 3.83. The lowest BCUT2D eigenvalue weighted by Gasteiger charge is -2.01. The highest BCUT2D eigenvalue weighted by atomic mass is 79.9. The first-order valence-electron chi connectivity index (χ1n) is 4.36. The van der Waals surface area contributed by atoms with Gasteiger partial charge in [0.1, 0.15) is 6.26 Å². The summed E-state index contributed by atoms with van der Waals surface area (Å²) < 4.78 is 6.11. The molecule has 2 aromatic rings. The molecule has 0 unspecified atom stereocenters. The SMILES string of the molecule is N#CCc1cc(-c2ncco2)ccc1Br. The van der Waals surface area contributed by atoms with E-state index in [9.17, 15) is 0 Å². The van der Waals surface area contributed by atoms with Gasteiger partial charge in [-0.3, -0.25) is 0 Å². The number of benzene rings is 1. The van der Waals surface area contributed by atoms with E-state index >= 15 is 0 Å². The fourth-order valence-corrected chi connectivity index (χ4v) is 1.68. The number of hydrogen-bond acceptors (Lipinski definition) is 3. The van der Waals surface area contributed by atoms with Gasteiger partial charge in [0.25, 0.3) is 0 Å². The second-order valence-electron chi connectivity index (χ2n) is 2.98. The van der Waals surface area contributed by atoms with Gasteiger partial charge < -0.3 is 4.42 Å². The summed E-state index contributed by atoms with van der Waals surface area (Å²) in [5.41, 5.74) is 1.82. The van der Waals surface area contributed by atoms with Gasteiger partial charge in [-0.1, -0.05) is 15.9 Å². The molecule has 0 radical (unpaired) electrons. The van der Waals surface area contributed by atoms with Crippen molar-refractivity contribution in [1.82, 2.24) is 4.98 Å². The summed E-state index contributed by atoms with van der Waals surface area (Å²) in [4.78, 5) is 4.05. The quantitative estimate of drug-likeness (QED) is 0.836. The Bertz CT molecular complexity index is 500. The molecule has 4 heteroatoms. The van der Waals surface area contributed by atoms with Crippen LogP contribution < -0.4 is 0 Å². The molecular weight excluding hydrogens is 256 g/mol. The average Bonchev–Trinajstić information content (AvgIpc) is 2.75. The first-order chi connectivity index (χ1) is 7.31. The maximum Gasteiger partial charge on any atom is 0.225 e. The molecular formula is C11H7BrN2O. The van der Waals surface area contributed by atoms with E-state index in [1.165, 1.54) is 6.26 Å². The van der Waals surface area contributed by atoms with Crippen LogP contribution in [0.2, 0.25) is 0 Å². The van der Waals surface area contributed by atoms with Gasteiger partial charge in [-0.15, -0.1) is 0 Å². The fraction of sp³-hybridized carbons (Fsp3) is 0.0909. The topological polar surface area (TPSA) is 49.8 Å². The van der Waals surface area contributed by atoms with Crippen LogP contribution in [-0.2, 0) is 6.42 Å². The number of nitriles is 1. The maximum absolute atomic E-state index is 8.66. The zero-order chi connectivity index (χ0) is 10.7. The lowest BCUT2D eigenvalue weighted by Crippen LogP contribution is -1.86. The van der Waals surface area contributed by atoms with Gasteiger partial charge in [-0.2, -0.15) is 5.26 Å². The van der Waals surface area contributed by atoms with Crippen molar-refractivity contribution in [3.63, 3.8) is 0 Å². The number of oxazole rings is 1. The van der Waals surface area contributed by atoms with Gasteiger partial charge in [0.2, 0.25) is 5.89 Å². The minimum Gasteiger partial charge on any atom is -0.445 e. The van der Waals surface area contributed by atoms with Crippen LogP contribution in [0.3, 0.4) is 0 Å². The van der Waals surface area contributed by atoms with E-state index in [1.807, 2.05) is 18.2 Å². The standard InChI is InChI=1S/C11H7BrN2O/c12-10-2-1-9(7-8(10)3-4-13)11-14-5-6-15-11/h1-2,5-7H,3H2.